The average molecular weight is 341 g/mol. The van der Waals surface area contributed by atoms with E-state index in [4.69, 9.17) is 0 Å². The molecule has 2 aromatic rings. The quantitative estimate of drug-likeness (QED) is 0.910. The molecule has 1 aromatic carbocycles. The van der Waals surface area contributed by atoms with E-state index in [-0.39, 0.29) is 5.75 Å². The minimum absolute atomic E-state index is 0.0140. The molecule has 0 aliphatic rings. The number of sulfonamides is 1. The molecule has 0 amide bonds. The van der Waals surface area contributed by atoms with Crippen LogP contribution in [0, 0.1) is 0 Å². The van der Waals surface area contributed by atoms with Gasteiger partial charge in [0.1, 0.15) is 0 Å². The molecule has 6 heteroatoms. The van der Waals surface area contributed by atoms with Crippen LogP contribution in [-0.2, 0) is 16.4 Å². The van der Waals surface area contributed by atoms with E-state index in [1.807, 2.05) is 12.1 Å². The predicted octanol–water partition coefficient (Wildman–Crippen LogP) is 2.83. The molecule has 4 nitrogen and oxygen atoms in total. The molecule has 0 bridgehead atoms. The highest BCUT2D eigenvalue weighted by Crippen LogP contribution is 2.15. The summed E-state index contributed by atoms with van der Waals surface area (Å²) in [5.41, 5.74) is 1.33. The largest absolute Gasteiger partial charge is 0.284 e. The molecule has 0 fully saturated rings. The molecule has 0 aliphatic heterocycles. The number of halogens is 1. The fraction of sp³-hybridized carbons (Fsp3) is 0.154. The van der Waals surface area contributed by atoms with Gasteiger partial charge in [-0.3, -0.25) is 9.71 Å². The molecular weight excluding hydrogens is 328 g/mol. The molecule has 0 saturated carbocycles. The van der Waals surface area contributed by atoms with Gasteiger partial charge in [0, 0.05) is 28.5 Å². The Kier molecular flexibility index (Phi) is 4.55. The van der Waals surface area contributed by atoms with Crippen molar-refractivity contribution in [1.82, 2.24) is 4.98 Å². The number of hydrogen-bond acceptors (Lipinski definition) is 3. The van der Waals surface area contributed by atoms with Crippen molar-refractivity contribution in [2.75, 3.05) is 10.5 Å². The summed E-state index contributed by atoms with van der Waals surface area (Å²) in [5.74, 6) is 0.0140. The zero-order valence-corrected chi connectivity index (χ0v) is 12.5. The lowest BCUT2D eigenvalue weighted by molar-refractivity contribution is 0.600. The summed E-state index contributed by atoms with van der Waals surface area (Å²) in [6.07, 6.45) is 2.05. The molecule has 0 spiro atoms. The third-order valence-corrected chi connectivity index (χ3v) is 4.29. The molecule has 1 heterocycles. The Hall–Kier alpha value is -1.40. The van der Waals surface area contributed by atoms with Crippen molar-refractivity contribution < 1.29 is 8.42 Å². The van der Waals surface area contributed by atoms with Gasteiger partial charge in [-0.1, -0.05) is 22.0 Å². The topological polar surface area (TPSA) is 59.1 Å². The van der Waals surface area contributed by atoms with Crippen molar-refractivity contribution in [3.8, 4) is 0 Å². The Balaban J connectivity index is 1.97. The second-order valence-corrected chi connectivity index (χ2v) is 6.76. The van der Waals surface area contributed by atoms with Crippen molar-refractivity contribution in [2.45, 2.75) is 6.42 Å². The van der Waals surface area contributed by atoms with Crippen molar-refractivity contribution in [3.05, 3.63) is 58.8 Å². The Labute approximate surface area is 121 Å². The van der Waals surface area contributed by atoms with Gasteiger partial charge in [0.2, 0.25) is 10.0 Å². The van der Waals surface area contributed by atoms with E-state index in [1.165, 1.54) is 0 Å². The fourth-order valence-corrected chi connectivity index (χ4v) is 2.87. The molecule has 0 saturated heterocycles. The fourth-order valence-electron chi connectivity index (χ4n) is 1.53. The van der Waals surface area contributed by atoms with Gasteiger partial charge in [0.25, 0.3) is 0 Å². The summed E-state index contributed by atoms with van der Waals surface area (Å²) < 4.78 is 27.3. The molecule has 1 N–H and O–H groups in total. The standard InChI is InChI=1S/C13H13BrN2O2S/c14-11-4-6-13(7-5-11)16-19(17,18)10-8-12-3-1-2-9-15-12/h1-7,9,16H,8,10H2. The lowest BCUT2D eigenvalue weighted by Gasteiger charge is -2.07. The summed E-state index contributed by atoms with van der Waals surface area (Å²) >= 11 is 3.30. The van der Waals surface area contributed by atoms with Crippen LogP contribution in [0.4, 0.5) is 5.69 Å². The number of anilines is 1. The molecule has 19 heavy (non-hydrogen) atoms. The molecule has 100 valence electrons. The van der Waals surface area contributed by atoms with Crippen LogP contribution in [0.5, 0.6) is 0 Å². The summed E-state index contributed by atoms with van der Waals surface area (Å²) in [6, 6.07) is 12.5. The first kappa shape index (κ1) is 14.0. The zero-order valence-electron chi connectivity index (χ0n) is 10.1. The van der Waals surface area contributed by atoms with Crippen LogP contribution in [0.3, 0.4) is 0 Å². The first-order chi connectivity index (χ1) is 9.05. The van der Waals surface area contributed by atoms with Crippen LogP contribution in [0.2, 0.25) is 0 Å². The van der Waals surface area contributed by atoms with Gasteiger partial charge in [-0.15, -0.1) is 0 Å². The predicted molar refractivity (Wildman–Crippen MR) is 79.5 cm³/mol. The highest BCUT2D eigenvalue weighted by molar-refractivity contribution is 9.10. The summed E-state index contributed by atoms with van der Waals surface area (Å²) in [4.78, 5) is 4.10. The van der Waals surface area contributed by atoms with E-state index in [2.05, 4.69) is 25.6 Å². The maximum absolute atomic E-state index is 11.9. The number of aromatic nitrogens is 1. The first-order valence-electron chi connectivity index (χ1n) is 5.71. The normalized spacial score (nSPS) is 11.2. The third-order valence-electron chi connectivity index (χ3n) is 2.47. The van der Waals surface area contributed by atoms with E-state index in [0.29, 0.717) is 12.1 Å². The number of aryl methyl sites for hydroxylation is 1. The second kappa shape index (κ2) is 6.16. The number of hydrogen-bond donors (Lipinski definition) is 1. The van der Waals surface area contributed by atoms with Gasteiger partial charge < -0.3 is 0 Å². The lowest BCUT2D eigenvalue weighted by Crippen LogP contribution is -2.18. The van der Waals surface area contributed by atoms with E-state index < -0.39 is 10.0 Å². The number of rotatable bonds is 5. The number of nitrogens with zero attached hydrogens (tertiary/aromatic N) is 1. The SMILES string of the molecule is O=S(=O)(CCc1ccccn1)Nc1ccc(Br)cc1. The molecule has 0 atom stereocenters. The number of pyridine rings is 1. The molecule has 0 aliphatic carbocycles. The molecule has 0 radical (unpaired) electrons. The second-order valence-electron chi connectivity index (χ2n) is 4.00. The average Bonchev–Trinajstić information content (AvgIpc) is 2.40. The van der Waals surface area contributed by atoms with Crippen LogP contribution in [0.15, 0.2) is 53.1 Å². The third kappa shape index (κ3) is 4.65. The van der Waals surface area contributed by atoms with Crippen molar-refractivity contribution in [1.29, 1.82) is 0 Å². The van der Waals surface area contributed by atoms with Crippen LogP contribution in [0.1, 0.15) is 5.69 Å². The maximum Gasteiger partial charge on any atom is 0.233 e. The van der Waals surface area contributed by atoms with Crippen LogP contribution in [-0.4, -0.2) is 19.2 Å². The molecule has 1 aromatic heterocycles. The minimum atomic E-state index is -3.35. The summed E-state index contributed by atoms with van der Waals surface area (Å²) in [6.45, 7) is 0. The summed E-state index contributed by atoms with van der Waals surface area (Å²) in [7, 11) is -3.35. The van der Waals surface area contributed by atoms with E-state index in [0.717, 1.165) is 10.2 Å². The van der Waals surface area contributed by atoms with Gasteiger partial charge >= 0.3 is 0 Å². The van der Waals surface area contributed by atoms with Crippen molar-refractivity contribution >= 4 is 31.6 Å². The van der Waals surface area contributed by atoms with Crippen LogP contribution in [0.25, 0.3) is 0 Å². The zero-order chi connectivity index (χ0) is 13.7. The number of benzene rings is 1. The van der Waals surface area contributed by atoms with Crippen molar-refractivity contribution in [3.63, 3.8) is 0 Å². The van der Waals surface area contributed by atoms with Gasteiger partial charge in [0.05, 0.1) is 5.75 Å². The monoisotopic (exact) mass is 340 g/mol. The lowest BCUT2D eigenvalue weighted by atomic mass is 10.3. The first-order valence-corrected chi connectivity index (χ1v) is 8.16. The molecule has 2 rings (SSSR count). The Morgan fingerprint density at radius 2 is 1.84 bits per heavy atom. The Morgan fingerprint density at radius 3 is 2.47 bits per heavy atom. The van der Waals surface area contributed by atoms with Crippen LogP contribution < -0.4 is 4.72 Å². The van der Waals surface area contributed by atoms with Gasteiger partial charge in [-0.2, -0.15) is 0 Å². The van der Waals surface area contributed by atoms with E-state index >= 15 is 0 Å². The number of nitrogens with one attached hydrogen (secondary N) is 1. The Morgan fingerprint density at radius 1 is 1.11 bits per heavy atom. The highest BCUT2D eigenvalue weighted by atomic mass is 79.9. The van der Waals surface area contributed by atoms with E-state index in [1.54, 1.807) is 36.5 Å². The summed E-state index contributed by atoms with van der Waals surface area (Å²) in [5, 5.41) is 0. The van der Waals surface area contributed by atoms with Gasteiger partial charge in [0.15, 0.2) is 0 Å². The minimum Gasteiger partial charge on any atom is -0.284 e. The maximum atomic E-state index is 11.9. The van der Waals surface area contributed by atoms with E-state index in [9.17, 15) is 8.42 Å². The smallest absolute Gasteiger partial charge is 0.233 e. The van der Waals surface area contributed by atoms with Crippen LogP contribution >= 0.6 is 15.9 Å². The molecular formula is C13H13BrN2O2S. The molecule has 0 unspecified atom stereocenters. The van der Waals surface area contributed by atoms with Gasteiger partial charge in [-0.05, 0) is 36.4 Å². The van der Waals surface area contributed by atoms with Gasteiger partial charge in [-0.25, -0.2) is 8.42 Å². The highest BCUT2D eigenvalue weighted by Gasteiger charge is 2.10. The Bertz CT molecular complexity index is 627. The van der Waals surface area contributed by atoms with Crippen molar-refractivity contribution in [2.24, 2.45) is 0 Å².